The Bertz CT molecular complexity index is 1190. The van der Waals surface area contributed by atoms with Gasteiger partial charge in [0, 0.05) is 10.2 Å². The summed E-state index contributed by atoms with van der Waals surface area (Å²) in [5, 5.41) is 37.6. The van der Waals surface area contributed by atoms with Crippen LogP contribution in [-0.2, 0) is 11.8 Å². The lowest BCUT2D eigenvalue weighted by molar-refractivity contribution is -0.730. The number of thioether (sulfide) groups is 1. The fourth-order valence-electron chi connectivity index (χ4n) is 2.58. The van der Waals surface area contributed by atoms with Gasteiger partial charge in [-0.05, 0) is 24.3 Å². The number of carbonyl (C=O) groups excluding carboxylic acids is 1. The minimum atomic E-state index is -0.833. The third-order valence-electron chi connectivity index (χ3n) is 3.88. The molecular formula is C18H12BrN7O3S. The van der Waals surface area contributed by atoms with Gasteiger partial charge in [-0.3, -0.25) is 4.79 Å². The predicted octanol–water partition coefficient (Wildman–Crippen LogP) is 1.45. The minimum absolute atomic E-state index is 0.0305. The Labute approximate surface area is 183 Å². The summed E-state index contributed by atoms with van der Waals surface area (Å²) in [6.07, 6.45) is 0. The average molecular weight is 486 g/mol. The van der Waals surface area contributed by atoms with Crippen molar-refractivity contribution in [2.45, 2.75) is 5.03 Å². The van der Waals surface area contributed by atoms with Gasteiger partial charge in [-0.2, -0.15) is 10.5 Å². The molecule has 0 bridgehead atoms. The number of hydrogen-bond donors (Lipinski definition) is 2. The molecule has 0 aliphatic heterocycles. The van der Waals surface area contributed by atoms with Crippen LogP contribution in [0.1, 0.15) is 11.1 Å². The van der Waals surface area contributed by atoms with Crippen molar-refractivity contribution in [1.82, 2.24) is 10.3 Å². The normalized spacial score (nSPS) is 10.3. The summed E-state index contributed by atoms with van der Waals surface area (Å²) in [6, 6.07) is 10.8. The Morgan fingerprint density at radius 2 is 2.00 bits per heavy atom. The highest BCUT2D eigenvalue weighted by atomic mass is 79.9. The molecule has 0 radical (unpaired) electrons. The molecule has 2 heterocycles. The van der Waals surface area contributed by atoms with Crippen molar-refractivity contribution in [3.63, 3.8) is 0 Å². The van der Waals surface area contributed by atoms with Crippen molar-refractivity contribution in [1.29, 1.82) is 10.5 Å². The SMILES string of the molecule is C[n+]1noc([O-])c1-c1c(C#N)c(N)nc(SCC(=O)Nc2ccc(Br)cc2)c1C#N. The zero-order valence-corrected chi connectivity index (χ0v) is 17.7. The van der Waals surface area contributed by atoms with E-state index in [1.165, 1.54) is 7.05 Å². The van der Waals surface area contributed by atoms with Crippen LogP contribution in [0.15, 0.2) is 38.3 Å². The van der Waals surface area contributed by atoms with Gasteiger partial charge in [-0.25, -0.2) is 4.98 Å². The van der Waals surface area contributed by atoms with Crippen LogP contribution in [0.4, 0.5) is 11.5 Å². The van der Waals surface area contributed by atoms with E-state index in [1.54, 1.807) is 24.3 Å². The highest BCUT2D eigenvalue weighted by Gasteiger charge is 2.29. The maximum atomic E-state index is 12.3. The number of nitrogen functional groups attached to an aromatic ring is 1. The summed E-state index contributed by atoms with van der Waals surface area (Å²) >= 11 is 4.27. The number of carbonyl (C=O) groups is 1. The summed E-state index contributed by atoms with van der Waals surface area (Å²) < 4.78 is 6.58. The van der Waals surface area contributed by atoms with Gasteiger partial charge in [0.05, 0.1) is 22.2 Å². The number of benzene rings is 1. The van der Waals surface area contributed by atoms with Gasteiger partial charge in [0.25, 0.3) is 5.69 Å². The van der Waals surface area contributed by atoms with E-state index in [-0.39, 0.29) is 44.9 Å². The van der Waals surface area contributed by atoms with Crippen molar-refractivity contribution in [3.8, 4) is 29.3 Å². The van der Waals surface area contributed by atoms with E-state index in [9.17, 15) is 20.4 Å². The summed E-state index contributed by atoms with van der Waals surface area (Å²) in [4.78, 5) is 16.4. The van der Waals surface area contributed by atoms with Gasteiger partial charge in [-0.1, -0.05) is 32.4 Å². The molecule has 0 unspecified atom stereocenters. The summed E-state index contributed by atoms with van der Waals surface area (Å²) in [6.45, 7) is 0. The fraction of sp³-hybridized carbons (Fsp3) is 0.111. The quantitative estimate of drug-likeness (QED) is 0.400. The smallest absolute Gasteiger partial charge is 0.266 e. The number of pyridine rings is 1. The second-order valence-electron chi connectivity index (χ2n) is 5.83. The lowest BCUT2D eigenvalue weighted by atomic mass is 10.0. The molecule has 2 aromatic heterocycles. The van der Waals surface area contributed by atoms with E-state index in [4.69, 9.17) is 5.73 Å². The first kappa shape index (κ1) is 21.1. The van der Waals surface area contributed by atoms with E-state index in [0.29, 0.717) is 5.69 Å². The van der Waals surface area contributed by atoms with Gasteiger partial charge in [0.15, 0.2) is 13.0 Å². The van der Waals surface area contributed by atoms with E-state index >= 15 is 0 Å². The number of amides is 1. The standard InChI is InChI=1S/C18H12BrN7O3S/c1-26-15(18(28)29-25-26)14-11(6-20)16(22)24-17(12(14)7-21)30-8-13(27)23-10-4-2-9(19)3-5-10/h2-5H,8H2,1H3,(H3-,22,23,24,25,27,28). The monoisotopic (exact) mass is 485 g/mol. The molecule has 150 valence electrons. The number of halogens is 1. The number of nitrogens with zero attached hydrogens (tertiary/aromatic N) is 5. The van der Waals surface area contributed by atoms with Crippen molar-refractivity contribution in [2.75, 3.05) is 16.8 Å². The molecule has 0 spiro atoms. The Hall–Kier alpha value is -3.61. The summed E-state index contributed by atoms with van der Waals surface area (Å²) in [5.74, 6) is -1.43. The minimum Gasteiger partial charge on any atom is -0.539 e. The van der Waals surface area contributed by atoms with Gasteiger partial charge in [-0.15, -0.1) is 0 Å². The number of nitriles is 2. The van der Waals surface area contributed by atoms with Crippen molar-refractivity contribution >= 4 is 45.1 Å². The van der Waals surface area contributed by atoms with Crippen LogP contribution in [0.25, 0.3) is 11.3 Å². The van der Waals surface area contributed by atoms with Crippen LogP contribution in [0.2, 0.25) is 0 Å². The van der Waals surface area contributed by atoms with Gasteiger partial charge < -0.3 is 20.7 Å². The highest BCUT2D eigenvalue weighted by molar-refractivity contribution is 9.10. The number of aromatic nitrogens is 3. The molecule has 3 N–H and O–H groups in total. The van der Waals surface area contributed by atoms with E-state index < -0.39 is 5.95 Å². The third-order valence-corrected chi connectivity index (χ3v) is 5.39. The summed E-state index contributed by atoms with van der Waals surface area (Å²) in [7, 11) is 1.43. The second kappa shape index (κ2) is 8.82. The van der Waals surface area contributed by atoms with Crippen LogP contribution in [0.3, 0.4) is 0 Å². The van der Waals surface area contributed by atoms with Crippen molar-refractivity contribution < 1.29 is 19.1 Å². The molecule has 0 aliphatic rings. The second-order valence-corrected chi connectivity index (χ2v) is 7.71. The van der Waals surface area contributed by atoms with Crippen LogP contribution >= 0.6 is 27.7 Å². The molecule has 0 fully saturated rings. The van der Waals surface area contributed by atoms with Crippen LogP contribution < -0.4 is 20.8 Å². The van der Waals surface area contributed by atoms with Crippen molar-refractivity contribution in [3.05, 3.63) is 39.9 Å². The molecule has 1 aromatic carbocycles. The first-order valence-electron chi connectivity index (χ1n) is 8.21. The maximum absolute atomic E-state index is 12.3. The van der Waals surface area contributed by atoms with Gasteiger partial charge in [0.1, 0.15) is 28.5 Å². The molecule has 1 amide bonds. The highest BCUT2D eigenvalue weighted by Crippen LogP contribution is 2.36. The zero-order chi connectivity index (χ0) is 21.8. The first-order valence-corrected chi connectivity index (χ1v) is 9.98. The number of aryl methyl sites for hydroxylation is 1. The molecule has 10 nitrogen and oxygen atoms in total. The number of rotatable bonds is 5. The number of nitrogens with one attached hydrogen (secondary N) is 1. The lowest BCUT2D eigenvalue weighted by Crippen LogP contribution is -2.32. The molecule has 12 heteroatoms. The average Bonchev–Trinajstić information content (AvgIpc) is 3.05. The van der Waals surface area contributed by atoms with E-state index in [2.05, 4.69) is 36.0 Å². The molecular weight excluding hydrogens is 474 g/mol. The van der Waals surface area contributed by atoms with E-state index in [0.717, 1.165) is 20.9 Å². The summed E-state index contributed by atoms with van der Waals surface area (Å²) in [5.41, 5.74) is 6.12. The molecule has 0 atom stereocenters. The maximum Gasteiger partial charge on any atom is 0.266 e. The molecule has 0 saturated heterocycles. The third kappa shape index (κ3) is 4.20. The Balaban J connectivity index is 1.94. The van der Waals surface area contributed by atoms with Gasteiger partial charge in [0.2, 0.25) is 5.91 Å². The number of hydrogen-bond acceptors (Lipinski definition) is 9. The first-order chi connectivity index (χ1) is 14.3. The zero-order valence-electron chi connectivity index (χ0n) is 15.3. The molecule has 30 heavy (non-hydrogen) atoms. The molecule has 3 rings (SSSR count). The van der Waals surface area contributed by atoms with Crippen LogP contribution in [0, 0.1) is 22.7 Å². The largest absolute Gasteiger partial charge is 0.539 e. The fourth-order valence-corrected chi connectivity index (χ4v) is 3.64. The lowest BCUT2D eigenvalue weighted by Gasteiger charge is -2.11. The predicted molar refractivity (Wildman–Crippen MR) is 108 cm³/mol. The van der Waals surface area contributed by atoms with Crippen LogP contribution in [-0.4, -0.2) is 21.9 Å². The molecule has 0 aliphatic carbocycles. The molecule has 0 saturated carbocycles. The topological polar surface area (TPSA) is 169 Å². The number of nitrogens with two attached hydrogens (primary N) is 1. The van der Waals surface area contributed by atoms with Crippen molar-refractivity contribution in [2.24, 2.45) is 7.05 Å². The van der Waals surface area contributed by atoms with Gasteiger partial charge >= 0.3 is 0 Å². The molecule has 3 aromatic rings. The number of anilines is 2. The Kier molecular flexibility index (Phi) is 6.20. The van der Waals surface area contributed by atoms with E-state index in [1.807, 2.05) is 12.1 Å². The van der Waals surface area contributed by atoms with Crippen LogP contribution in [0.5, 0.6) is 5.95 Å². The Morgan fingerprint density at radius 1 is 1.33 bits per heavy atom. The Morgan fingerprint density at radius 3 is 2.57 bits per heavy atom.